The van der Waals surface area contributed by atoms with Crippen molar-refractivity contribution >= 4 is 0 Å². The van der Waals surface area contributed by atoms with Crippen LogP contribution in [-0.2, 0) is 12.8 Å². The summed E-state index contributed by atoms with van der Waals surface area (Å²) >= 11 is 0. The van der Waals surface area contributed by atoms with Crippen LogP contribution in [0.1, 0.15) is 11.1 Å². The summed E-state index contributed by atoms with van der Waals surface area (Å²) in [6.07, 6.45) is 1.34. The van der Waals surface area contributed by atoms with Gasteiger partial charge >= 0.3 is 13.2 Å². The van der Waals surface area contributed by atoms with Gasteiger partial charge in [-0.15, -0.1) is 0 Å². The SMILES string of the molecule is COc1cc(CCN)ccc1OC(F)F.COc1cc(CCN)ccc1OC(F)F. The molecule has 2 aromatic carbocycles. The maximum absolute atomic E-state index is 12.0. The van der Waals surface area contributed by atoms with Gasteiger partial charge in [-0.3, -0.25) is 0 Å². The quantitative estimate of drug-likeness (QED) is 0.556. The van der Waals surface area contributed by atoms with Crippen molar-refractivity contribution in [3.63, 3.8) is 0 Å². The molecule has 0 radical (unpaired) electrons. The number of benzene rings is 2. The molecule has 0 saturated carbocycles. The van der Waals surface area contributed by atoms with Crippen molar-refractivity contribution in [1.82, 2.24) is 0 Å². The summed E-state index contributed by atoms with van der Waals surface area (Å²) in [5.74, 6) is 0.657. The molecule has 2 aromatic rings. The van der Waals surface area contributed by atoms with Gasteiger partial charge in [0, 0.05) is 0 Å². The molecule has 0 aromatic heterocycles. The van der Waals surface area contributed by atoms with Crippen LogP contribution >= 0.6 is 0 Å². The Bertz CT molecular complexity index is 700. The number of hydrogen-bond acceptors (Lipinski definition) is 6. The lowest BCUT2D eigenvalue weighted by Gasteiger charge is -2.10. The predicted molar refractivity (Wildman–Crippen MR) is 105 cm³/mol. The number of nitrogens with two attached hydrogens (primary N) is 2. The molecule has 0 saturated heterocycles. The van der Waals surface area contributed by atoms with E-state index in [1.807, 2.05) is 0 Å². The molecule has 10 heteroatoms. The monoisotopic (exact) mass is 434 g/mol. The van der Waals surface area contributed by atoms with E-state index in [0.29, 0.717) is 37.4 Å². The van der Waals surface area contributed by atoms with E-state index < -0.39 is 13.2 Å². The molecule has 0 aliphatic carbocycles. The van der Waals surface area contributed by atoms with Gasteiger partial charge < -0.3 is 30.4 Å². The summed E-state index contributed by atoms with van der Waals surface area (Å²) in [6, 6.07) is 9.57. The van der Waals surface area contributed by atoms with E-state index in [2.05, 4.69) is 9.47 Å². The van der Waals surface area contributed by atoms with Crippen LogP contribution in [0.4, 0.5) is 17.6 Å². The Labute approximate surface area is 172 Å². The first-order valence-electron chi connectivity index (χ1n) is 8.98. The standard InChI is InChI=1S/2C10H13F2NO2/c2*1-14-9-6-7(4-5-13)2-3-8(9)15-10(11)12/h2*2-3,6,10H,4-5,13H2,1H3. The van der Waals surface area contributed by atoms with Crippen LogP contribution in [0.5, 0.6) is 23.0 Å². The Morgan fingerprint density at radius 2 is 1.03 bits per heavy atom. The number of methoxy groups -OCH3 is 2. The van der Waals surface area contributed by atoms with Gasteiger partial charge in [0.15, 0.2) is 23.0 Å². The van der Waals surface area contributed by atoms with E-state index in [0.717, 1.165) is 11.1 Å². The van der Waals surface area contributed by atoms with Crippen molar-refractivity contribution in [1.29, 1.82) is 0 Å². The van der Waals surface area contributed by atoms with Crippen molar-refractivity contribution in [2.75, 3.05) is 27.3 Å². The van der Waals surface area contributed by atoms with Gasteiger partial charge in [-0.1, -0.05) is 12.1 Å². The zero-order chi connectivity index (χ0) is 22.5. The van der Waals surface area contributed by atoms with Crippen LogP contribution in [0.25, 0.3) is 0 Å². The zero-order valence-electron chi connectivity index (χ0n) is 16.7. The minimum absolute atomic E-state index is 0.0354. The Morgan fingerprint density at radius 3 is 1.30 bits per heavy atom. The highest BCUT2D eigenvalue weighted by atomic mass is 19.3. The summed E-state index contributed by atoms with van der Waals surface area (Å²) in [7, 11) is 2.81. The fourth-order valence-electron chi connectivity index (χ4n) is 2.46. The molecule has 0 heterocycles. The van der Waals surface area contributed by atoms with Gasteiger partial charge in [0.2, 0.25) is 0 Å². The maximum atomic E-state index is 12.0. The van der Waals surface area contributed by atoms with Crippen LogP contribution in [0.15, 0.2) is 36.4 Å². The summed E-state index contributed by atoms with van der Waals surface area (Å²) < 4.78 is 66.4. The molecular formula is C20H26F4N2O4. The largest absolute Gasteiger partial charge is 0.493 e. The number of hydrogen-bond donors (Lipinski definition) is 2. The minimum Gasteiger partial charge on any atom is -0.493 e. The Hall–Kier alpha value is -2.72. The van der Waals surface area contributed by atoms with Crippen molar-refractivity contribution in [3.8, 4) is 23.0 Å². The summed E-state index contributed by atoms with van der Waals surface area (Å²) in [5, 5.41) is 0. The highest BCUT2D eigenvalue weighted by molar-refractivity contribution is 5.43. The molecule has 30 heavy (non-hydrogen) atoms. The lowest BCUT2D eigenvalue weighted by molar-refractivity contribution is -0.0518. The molecule has 6 nitrogen and oxygen atoms in total. The Balaban J connectivity index is 0.000000300. The normalized spacial score (nSPS) is 10.5. The van der Waals surface area contributed by atoms with Crippen LogP contribution in [0.3, 0.4) is 0 Å². The third-order valence-electron chi connectivity index (χ3n) is 3.75. The van der Waals surface area contributed by atoms with E-state index in [9.17, 15) is 17.6 Å². The van der Waals surface area contributed by atoms with E-state index in [1.165, 1.54) is 26.4 Å². The fraction of sp³-hybridized carbons (Fsp3) is 0.400. The molecule has 2 rings (SSSR count). The van der Waals surface area contributed by atoms with Crippen molar-refractivity contribution in [2.24, 2.45) is 11.5 Å². The smallest absolute Gasteiger partial charge is 0.387 e. The lowest BCUT2D eigenvalue weighted by atomic mass is 10.1. The Kier molecular flexibility index (Phi) is 11.4. The summed E-state index contributed by atoms with van der Waals surface area (Å²) in [4.78, 5) is 0. The lowest BCUT2D eigenvalue weighted by Crippen LogP contribution is -2.05. The fourth-order valence-corrected chi connectivity index (χ4v) is 2.46. The second-order valence-electron chi connectivity index (χ2n) is 5.80. The average Bonchev–Trinajstić information content (AvgIpc) is 2.70. The van der Waals surface area contributed by atoms with Gasteiger partial charge in [-0.05, 0) is 61.3 Å². The minimum atomic E-state index is -2.85. The van der Waals surface area contributed by atoms with Crippen molar-refractivity contribution in [2.45, 2.75) is 26.1 Å². The second kappa shape index (κ2) is 13.5. The summed E-state index contributed by atoms with van der Waals surface area (Å²) in [6.45, 7) is -4.70. The number of ether oxygens (including phenoxy) is 4. The third-order valence-corrected chi connectivity index (χ3v) is 3.75. The van der Waals surface area contributed by atoms with Crippen LogP contribution < -0.4 is 30.4 Å². The van der Waals surface area contributed by atoms with Crippen LogP contribution in [0, 0.1) is 0 Å². The second-order valence-corrected chi connectivity index (χ2v) is 5.80. The van der Waals surface area contributed by atoms with E-state index >= 15 is 0 Å². The van der Waals surface area contributed by atoms with Gasteiger partial charge in [0.25, 0.3) is 0 Å². The van der Waals surface area contributed by atoms with Gasteiger partial charge in [-0.2, -0.15) is 17.6 Å². The summed E-state index contributed by atoms with van der Waals surface area (Å²) in [5.41, 5.74) is 12.6. The first-order chi connectivity index (χ1) is 14.3. The van der Waals surface area contributed by atoms with Crippen molar-refractivity contribution in [3.05, 3.63) is 47.5 Å². The molecule has 0 unspecified atom stereocenters. The van der Waals surface area contributed by atoms with Gasteiger partial charge in [0.1, 0.15) is 0 Å². The van der Waals surface area contributed by atoms with Gasteiger partial charge in [-0.25, -0.2) is 0 Å². The molecule has 0 aliphatic rings. The number of halogens is 4. The van der Waals surface area contributed by atoms with Crippen LogP contribution in [0.2, 0.25) is 0 Å². The van der Waals surface area contributed by atoms with E-state index in [4.69, 9.17) is 20.9 Å². The number of rotatable bonds is 10. The molecule has 168 valence electrons. The highest BCUT2D eigenvalue weighted by Gasteiger charge is 2.11. The van der Waals surface area contributed by atoms with Crippen LogP contribution in [-0.4, -0.2) is 40.5 Å². The first-order valence-corrected chi connectivity index (χ1v) is 8.98. The Morgan fingerprint density at radius 1 is 0.667 bits per heavy atom. The van der Waals surface area contributed by atoms with E-state index in [1.54, 1.807) is 24.3 Å². The predicted octanol–water partition coefficient (Wildman–Crippen LogP) is 3.60. The zero-order valence-corrected chi connectivity index (χ0v) is 16.7. The molecule has 0 amide bonds. The van der Waals surface area contributed by atoms with Crippen molar-refractivity contribution < 1.29 is 36.5 Å². The molecular weight excluding hydrogens is 408 g/mol. The maximum Gasteiger partial charge on any atom is 0.387 e. The molecule has 0 aliphatic heterocycles. The molecule has 0 spiro atoms. The highest BCUT2D eigenvalue weighted by Crippen LogP contribution is 2.30. The molecule has 0 bridgehead atoms. The molecule has 4 N–H and O–H groups in total. The average molecular weight is 434 g/mol. The molecule has 0 fully saturated rings. The third kappa shape index (κ3) is 8.75. The van der Waals surface area contributed by atoms with E-state index in [-0.39, 0.29) is 11.5 Å². The number of alkyl halides is 4. The van der Waals surface area contributed by atoms with Gasteiger partial charge in [0.05, 0.1) is 14.2 Å². The first kappa shape index (κ1) is 25.3. The molecule has 0 atom stereocenters. The topological polar surface area (TPSA) is 89.0 Å².